The Labute approximate surface area is 118 Å². The fourth-order valence-electron chi connectivity index (χ4n) is 1.29. The van der Waals surface area contributed by atoms with Crippen molar-refractivity contribution in [3.05, 3.63) is 43.8 Å². The number of allylic oxidation sites excluding steroid dienone is 2. The molecule has 0 saturated heterocycles. The van der Waals surface area contributed by atoms with E-state index in [0.29, 0.717) is 0 Å². The van der Waals surface area contributed by atoms with Crippen LogP contribution in [0, 0.1) is 20.0 Å². The maximum absolute atomic E-state index is 7.50. The van der Waals surface area contributed by atoms with E-state index in [1.54, 1.807) is 14.2 Å². The van der Waals surface area contributed by atoms with Crippen molar-refractivity contribution in [3.63, 3.8) is 0 Å². The number of rotatable bonds is 2. The minimum atomic E-state index is 0. The van der Waals surface area contributed by atoms with Crippen molar-refractivity contribution < 1.29 is 40.5 Å². The Kier molecular flexibility index (Phi) is 30.8. The Morgan fingerprint density at radius 1 is 1.00 bits per heavy atom. The zero-order valence-electron chi connectivity index (χ0n) is 10.3. The maximum atomic E-state index is 7.50. The molecule has 6 heteroatoms. The molecule has 0 aromatic rings. The predicted molar refractivity (Wildman–Crippen MR) is 56.3 cm³/mol. The van der Waals surface area contributed by atoms with Crippen LogP contribution in [0.5, 0.6) is 0 Å². The van der Waals surface area contributed by atoms with Crippen LogP contribution in [0.4, 0.5) is 0 Å². The van der Waals surface area contributed by atoms with Gasteiger partial charge in [-0.2, -0.15) is 0 Å². The molecule has 0 fully saturated rings. The molecular formula is C12H14FeO5. The van der Waals surface area contributed by atoms with Gasteiger partial charge in [-0.15, -0.1) is 0 Å². The molecule has 0 spiro atoms. The van der Waals surface area contributed by atoms with Gasteiger partial charge < -0.3 is 9.47 Å². The summed E-state index contributed by atoms with van der Waals surface area (Å²) in [5, 5.41) is 0. The second-order valence-corrected chi connectivity index (χ2v) is 2.65. The van der Waals surface area contributed by atoms with Gasteiger partial charge in [0.2, 0.25) is 0 Å². The van der Waals surface area contributed by atoms with Crippen LogP contribution in [0.25, 0.3) is 0 Å². The molecule has 0 aromatic carbocycles. The molecule has 0 saturated carbocycles. The third-order valence-electron chi connectivity index (χ3n) is 1.93. The van der Waals surface area contributed by atoms with Crippen molar-refractivity contribution in [2.75, 3.05) is 14.2 Å². The van der Waals surface area contributed by atoms with E-state index < -0.39 is 0 Å². The summed E-state index contributed by atoms with van der Waals surface area (Å²) in [4.78, 5) is 0. The molecule has 0 aliphatic heterocycles. The summed E-state index contributed by atoms with van der Waals surface area (Å²) in [6.07, 6.45) is 6.21. The zero-order valence-corrected chi connectivity index (χ0v) is 11.4. The molecule has 1 aliphatic carbocycles. The average molecular weight is 294 g/mol. The van der Waals surface area contributed by atoms with Crippen molar-refractivity contribution in [3.8, 4) is 0 Å². The normalized spacial score (nSPS) is 18.8. The smallest absolute Gasteiger partial charge is 0 e. The van der Waals surface area contributed by atoms with E-state index in [-0.39, 0.29) is 29.3 Å². The molecule has 100 valence electrons. The van der Waals surface area contributed by atoms with Crippen molar-refractivity contribution >= 4 is 0 Å². The van der Waals surface area contributed by atoms with E-state index in [4.69, 9.17) is 23.4 Å². The van der Waals surface area contributed by atoms with Gasteiger partial charge >= 0.3 is 33.9 Å². The molecule has 0 heterocycles. The first-order chi connectivity index (χ1) is 8.29. The molecular weight excluding hydrogens is 280 g/mol. The quantitative estimate of drug-likeness (QED) is 0.438. The van der Waals surface area contributed by atoms with Crippen LogP contribution in [0.15, 0.2) is 23.8 Å². The van der Waals surface area contributed by atoms with Crippen LogP contribution in [0.3, 0.4) is 0 Å². The molecule has 0 bridgehead atoms. The number of hydrogen-bond acceptors (Lipinski definition) is 2. The molecule has 0 aromatic heterocycles. The monoisotopic (exact) mass is 294 g/mol. The molecule has 0 radical (unpaired) electrons. The van der Waals surface area contributed by atoms with Crippen molar-refractivity contribution in [2.24, 2.45) is 0 Å². The Morgan fingerprint density at radius 2 is 1.44 bits per heavy atom. The van der Waals surface area contributed by atoms with Gasteiger partial charge in [-0.25, -0.2) is 0 Å². The van der Waals surface area contributed by atoms with E-state index in [1.165, 1.54) is 5.57 Å². The van der Waals surface area contributed by atoms with Gasteiger partial charge in [-0.3, -0.25) is 0 Å². The fraction of sp³-hybridized carbons (Fsp3) is 0.417. The summed E-state index contributed by atoms with van der Waals surface area (Å²) < 4.78 is 33.0. The second-order valence-electron chi connectivity index (χ2n) is 2.65. The Bertz CT molecular complexity index is 276. The fourth-order valence-corrected chi connectivity index (χ4v) is 1.29. The van der Waals surface area contributed by atoms with Crippen molar-refractivity contribution in [1.29, 1.82) is 0 Å². The van der Waals surface area contributed by atoms with Gasteiger partial charge in [0.05, 0.1) is 0 Å². The van der Waals surface area contributed by atoms with Gasteiger partial charge in [0.15, 0.2) is 0 Å². The van der Waals surface area contributed by atoms with Crippen LogP contribution in [-0.4, -0.2) is 26.4 Å². The first-order valence-corrected chi connectivity index (χ1v) is 4.31. The van der Waals surface area contributed by atoms with E-state index in [0.717, 1.165) is 0 Å². The Morgan fingerprint density at radius 3 is 1.72 bits per heavy atom. The van der Waals surface area contributed by atoms with Gasteiger partial charge in [-0.1, -0.05) is 18.2 Å². The van der Waals surface area contributed by atoms with Gasteiger partial charge in [0.1, 0.15) is 12.2 Å². The number of ether oxygens (including phenoxy) is 2. The summed E-state index contributed by atoms with van der Waals surface area (Å²) in [5.41, 5.74) is 1.21. The molecule has 18 heavy (non-hydrogen) atoms. The third-order valence-corrected chi connectivity index (χ3v) is 1.93. The number of hydrogen-bond donors (Lipinski definition) is 0. The third kappa shape index (κ3) is 10.3. The zero-order chi connectivity index (χ0) is 14.3. The van der Waals surface area contributed by atoms with Crippen LogP contribution >= 0.6 is 0 Å². The molecule has 5 nitrogen and oxygen atoms in total. The summed E-state index contributed by atoms with van der Waals surface area (Å²) in [6, 6.07) is 0. The van der Waals surface area contributed by atoms with E-state index in [9.17, 15) is 0 Å². The standard InChI is InChI=1S/C9H14O2.3CO.Fe/c1-7-5-4-6-8(10-2)9(7)11-3;3*1-2;/h4-6,8-9H,1-3H3;;;;/t8-,9+;;;;/m1..../s1. The van der Waals surface area contributed by atoms with Gasteiger partial charge in [0.25, 0.3) is 0 Å². The Hall–Kier alpha value is -0.861. The summed E-state index contributed by atoms with van der Waals surface area (Å²) in [6.45, 7) is 15.5. The molecule has 2 atom stereocenters. The van der Waals surface area contributed by atoms with Crippen molar-refractivity contribution in [2.45, 2.75) is 19.1 Å². The van der Waals surface area contributed by atoms with Crippen LogP contribution in [0.2, 0.25) is 0 Å². The first kappa shape index (κ1) is 25.9. The molecule has 1 rings (SSSR count). The first-order valence-electron chi connectivity index (χ1n) is 4.31. The second kappa shape index (κ2) is 21.4. The summed E-state index contributed by atoms with van der Waals surface area (Å²) in [5.74, 6) is 0. The largest absolute Gasteiger partial charge is 0 e. The molecule has 1 aliphatic rings. The maximum Gasteiger partial charge on any atom is 0 e. The van der Waals surface area contributed by atoms with E-state index >= 15 is 0 Å². The van der Waals surface area contributed by atoms with Gasteiger partial charge in [-0.05, 0) is 12.5 Å². The number of methoxy groups -OCH3 is 2. The van der Waals surface area contributed by atoms with Crippen LogP contribution in [-0.2, 0) is 40.5 Å². The van der Waals surface area contributed by atoms with Crippen LogP contribution in [0.1, 0.15) is 6.92 Å². The predicted octanol–water partition coefficient (Wildman–Crippen LogP) is 1.42. The van der Waals surface area contributed by atoms with E-state index in [1.807, 2.05) is 25.2 Å². The SMILES string of the molecule is CO[C@@H]1C=CC=C(C)[C@@H]1OC.[C-]#[O+].[C-]#[O+].[C-]#[O+].[Fe]. The Balaban J connectivity index is -0.000000123. The molecule has 0 amide bonds. The van der Waals surface area contributed by atoms with Gasteiger partial charge in [0, 0.05) is 31.3 Å². The minimum Gasteiger partial charge on any atom is 0 e. The minimum absolute atomic E-state index is 0. The van der Waals surface area contributed by atoms with Crippen LogP contribution < -0.4 is 0 Å². The van der Waals surface area contributed by atoms with Crippen molar-refractivity contribution in [1.82, 2.24) is 0 Å². The summed E-state index contributed by atoms with van der Waals surface area (Å²) in [7, 11) is 3.40. The molecule has 0 N–H and O–H groups in total. The average Bonchev–Trinajstić information content (AvgIpc) is 2.45. The summed E-state index contributed by atoms with van der Waals surface area (Å²) >= 11 is 0. The molecule has 0 unspecified atom stereocenters. The van der Waals surface area contributed by atoms with E-state index in [2.05, 4.69) is 20.0 Å². The topological polar surface area (TPSA) is 78.2 Å².